The average Bonchev–Trinajstić information content (AvgIpc) is 2.27. The van der Waals surface area contributed by atoms with E-state index in [4.69, 9.17) is 16.7 Å². The third-order valence-electron chi connectivity index (χ3n) is 2.34. The molecule has 0 atom stereocenters. The van der Waals surface area contributed by atoms with Gasteiger partial charge in [-0.2, -0.15) is 0 Å². The maximum Gasteiger partial charge on any atom is 0.323 e. The summed E-state index contributed by atoms with van der Waals surface area (Å²) >= 11 is 5.74. The lowest BCUT2D eigenvalue weighted by Crippen LogP contribution is -2.32. The molecular weight excluding hydrogens is 242 g/mol. The highest BCUT2D eigenvalue weighted by Gasteiger charge is 2.11. The molecule has 1 aromatic carbocycles. The fourth-order valence-electron chi connectivity index (χ4n) is 1.38. The van der Waals surface area contributed by atoms with Crippen LogP contribution in [0.1, 0.15) is 12.0 Å². The number of nitrogens with zero attached hydrogens (tertiary/aromatic N) is 1. The monoisotopic (exact) mass is 255 g/mol. The largest absolute Gasteiger partial charge is 0.480 e. The second-order valence-electron chi connectivity index (χ2n) is 3.77. The number of amides is 1. The van der Waals surface area contributed by atoms with E-state index in [0.29, 0.717) is 17.9 Å². The van der Waals surface area contributed by atoms with Gasteiger partial charge in [0, 0.05) is 18.5 Å². The summed E-state index contributed by atoms with van der Waals surface area (Å²) < 4.78 is 0. The molecule has 0 aromatic heterocycles. The predicted molar refractivity (Wildman–Crippen MR) is 65.0 cm³/mol. The minimum absolute atomic E-state index is 0.178. The van der Waals surface area contributed by atoms with Crippen molar-refractivity contribution in [2.24, 2.45) is 0 Å². The Balaban J connectivity index is 2.42. The van der Waals surface area contributed by atoms with E-state index in [2.05, 4.69) is 0 Å². The summed E-state index contributed by atoms with van der Waals surface area (Å²) in [5.41, 5.74) is 1.01. The van der Waals surface area contributed by atoms with Gasteiger partial charge in [0.1, 0.15) is 6.54 Å². The number of hydrogen-bond acceptors (Lipinski definition) is 2. The Kier molecular flexibility index (Phi) is 4.97. The molecule has 0 spiro atoms. The van der Waals surface area contributed by atoms with Crippen LogP contribution in [0, 0.1) is 0 Å². The van der Waals surface area contributed by atoms with E-state index in [1.54, 1.807) is 12.1 Å². The third kappa shape index (κ3) is 4.87. The molecule has 0 radical (unpaired) electrons. The van der Waals surface area contributed by atoms with Crippen molar-refractivity contribution in [3.8, 4) is 0 Å². The van der Waals surface area contributed by atoms with E-state index < -0.39 is 5.97 Å². The van der Waals surface area contributed by atoms with Crippen molar-refractivity contribution in [3.63, 3.8) is 0 Å². The van der Waals surface area contributed by atoms with Gasteiger partial charge in [-0.1, -0.05) is 23.7 Å². The van der Waals surface area contributed by atoms with Crippen LogP contribution < -0.4 is 0 Å². The Labute approximate surface area is 105 Å². The molecule has 0 fully saturated rings. The maximum atomic E-state index is 11.6. The molecular formula is C12H14ClNO3. The Hall–Kier alpha value is -1.55. The van der Waals surface area contributed by atoms with E-state index in [9.17, 15) is 9.59 Å². The Morgan fingerprint density at radius 3 is 2.41 bits per heavy atom. The average molecular weight is 256 g/mol. The van der Waals surface area contributed by atoms with Crippen molar-refractivity contribution < 1.29 is 14.7 Å². The van der Waals surface area contributed by atoms with Crippen molar-refractivity contribution in [2.45, 2.75) is 12.8 Å². The molecule has 1 N–H and O–H groups in total. The van der Waals surface area contributed by atoms with E-state index >= 15 is 0 Å². The number of carboxylic acids is 1. The summed E-state index contributed by atoms with van der Waals surface area (Å²) in [6, 6.07) is 7.24. The van der Waals surface area contributed by atoms with Gasteiger partial charge >= 0.3 is 5.97 Å². The van der Waals surface area contributed by atoms with Gasteiger partial charge in [0.2, 0.25) is 5.91 Å². The lowest BCUT2D eigenvalue weighted by atomic mass is 10.1. The fourth-order valence-corrected chi connectivity index (χ4v) is 1.51. The number of halogens is 1. The zero-order valence-corrected chi connectivity index (χ0v) is 10.3. The van der Waals surface area contributed by atoms with Gasteiger partial charge in [-0.25, -0.2) is 0 Å². The van der Waals surface area contributed by atoms with Crippen LogP contribution in [0.3, 0.4) is 0 Å². The summed E-state index contributed by atoms with van der Waals surface area (Å²) in [5.74, 6) is -1.19. The molecule has 0 saturated heterocycles. The van der Waals surface area contributed by atoms with Crippen LogP contribution in [-0.4, -0.2) is 35.5 Å². The molecule has 92 valence electrons. The fraction of sp³-hybridized carbons (Fsp3) is 0.333. The zero-order chi connectivity index (χ0) is 12.8. The van der Waals surface area contributed by atoms with Gasteiger partial charge in [0.05, 0.1) is 0 Å². The highest BCUT2D eigenvalue weighted by Crippen LogP contribution is 2.11. The maximum absolute atomic E-state index is 11.6. The van der Waals surface area contributed by atoms with Gasteiger partial charge < -0.3 is 10.0 Å². The quantitative estimate of drug-likeness (QED) is 0.873. The number of carbonyl (C=O) groups is 2. The molecule has 0 saturated carbocycles. The number of carboxylic acid groups (broad SMARTS) is 1. The van der Waals surface area contributed by atoms with Crippen LogP contribution in [0.15, 0.2) is 24.3 Å². The topological polar surface area (TPSA) is 57.6 Å². The zero-order valence-electron chi connectivity index (χ0n) is 9.52. The van der Waals surface area contributed by atoms with E-state index in [1.807, 2.05) is 12.1 Å². The van der Waals surface area contributed by atoms with Gasteiger partial charge in [0.15, 0.2) is 0 Å². The van der Waals surface area contributed by atoms with Crippen molar-refractivity contribution in [1.29, 1.82) is 0 Å². The molecule has 1 rings (SSSR count). The van der Waals surface area contributed by atoms with Crippen LogP contribution in [0.5, 0.6) is 0 Å². The number of rotatable bonds is 5. The number of likely N-dealkylation sites (N-methyl/N-ethyl adjacent to an activating group) is 1. The first kappa shape index (κ1) is 13.5. The minimum atomic E-state index is -1.01. The Morgan fingerprint density at radius 2 is 1.88 bits per heavy atom. The van der Waals surface area contributed by atoms with Crippen LogP contribution in [0.25, 0.3) is 0 Å². The van der Waals surface area contributed by atoms with Gasteiger partial charge in [0.25, 0.3) is 0 Å². The van der Waals surface area contributed by atoms with E-state index in [-0.39, 0.29) is 12.5 Å². The van der Waals surface area contributed by atoms with Crippen LogP contribution >= 0.6 is 11.6 Å². The smallest absolute Gasteiger partial charge is 0.323 e. The summed E-state index contributed by atoms with van der Waals surface area (Å²) in [4.78, 5) is 23.2. The first-order chi connectivity index (χ1) is 7.99. The molecule has 0 aliphatic rings. The normalized spacial score (nSPS) is 10.0. The highest BCUT2D eigenvalue weighted by atomic mass is 35.5. The van der Waals surface area contributed by atoms with Gasteiger partial charge in [-0.15, -0.1) is 0 Å². The molecule has 0 bridgehead atoms. The van der Waals surface area contributed by atoms with E-state index in [1.165, 1.54) is 11.9 Å². The number of benzene rings is 1. The molecule has 17 heavy (non-hydrogen) atoms. The molecule has 1 aromatic rings. The summed E-state index contributed by atoms with van der Waals surface area (Å²) in [6.45, 7) is -0.264. The van der Waals surface area contributed by atoms with Crippen molar-refractivity contribution in [3.05, 3.63) is 34.9 Å². The SMILES string of the molecule is CN(CC(=O)O)C(=O)CCc1ccc(Cl)cc1. The second kappa shape index (κ2) is 6.25. The number of hydrogen-bond donors (Lipinski definition) is 1. The Bertz CT molecular complexity index is 403. The summed E-state index contributed by atoms with van der Waals surface area (Å²) in [7, 11) is 1.48. The number of aliphatic carboxylic acids is 1. The first-order valence-corrected chi connectivity index (χ1v) is 5.57. The number of aryl methyl sites for hydroxylation is 1. The molecule has 1 amide bonds. The lowest BCUT2D eigenvalue weighted by Gasteiger charge is -2.14. The lowest BCUT2D eigenvalue weighted by molar-refractivity contribution is -0.143. The number of carbonyl (C=O) groups excluding carboxylic acids is 1. The molecule has 0 heterocycles. The van der Waals surface area contributed by atoms with Crippen LogP contribution in [0.4, 0.5) is 0 Å². The molecule has 0 aliphatic carbocycles. The van der Waals surface area contributed by atoms with Crippen molar-refractivity contribution in [1.82, 2.24) is 4.90 Å². The van der Waals surface area contributed by atoms with Gasteiger partial charge in [-0.3, -0.25) is 9.59 Å². The van der Waals surface area contributed by atoms with Gasteiger partial charge in [-0.05, 0) is 24.1 Å². The predicted octanol–water partition coefficient (Wildman–Crippen LogP) is 1.82. The van der Waals surface area contributed by atoms with E-state index in [0.717, 1.165) is 5.56 Å². The first-order valence-electron chi connectivity index (χ1n) is 5.19. The molecule has 4 nitrogen and oxygen atoms in total. The highest BCUT2D eigenvalue weighted by molar-refractivity contribution is 6.30. The van der Waals surface area contributed by atoms with Crippen molar-refractivity contribution in [2.75, 3.05) is 13.6 Å². The molecule has 0 unspecified atom stereocenters. The second-order valence-corrected chi connectivity index (χ2v) is 4.21. The summed E-state index contributed by atoms with van der Waals surface area (Å²) in [6.07, 6.45) is 0.880. The summed E-state index contributed by atoms with van der Waals surface area (Å²) in [5, 5.41) is 9.20. The Morgan fingerprint density at radius 1 is 1.29 bits per heavy atom. The van der Waals surface area contributed by atoms with Crippen molar-refractivity contribution >= 4 is 23.5 Å². The molecule has 0 aliphatic heterocycles. The molecule has 5 heteroatoms. The van der Waals surface area contributed by atoms with Crippen LogP contribution in [-0.2, 0) is 16.0 Å². The third-order valence-corrected chi connectivity index (χ3v) is 2.59. The van der Waals surface area contributed by atoms with Crippen LogP contribution in [0.2, 0.25) is 5.02 Å². The minimum Gasteiger partial charge on any atom is -0.480 e. The standard InChI is InChI=1S/C12H14ClNO3/c1-14(8-12(16)17)11(15)7-4-9-2-5-10(13)6-3-9/h2-3,5-6H,4,7-8H2,1H3,(H,16,17).